The van der Waals surface area contributed by atoms with E-state index in [2.05, 4.69) is 9.97 Å². The summed E-state index contributed by atoms with van der Waals surface area (Å²) in [5.74, 6) is -0.314. The highest BCUT2D eigenvalue weighted by atomic mass is 19.1. The second-order valence-electron chi connectivity index (χ2n) is 2.90. The van der Waals surface area contributed by atoms with E-state index in [0.29, 0.717) is 12.2 Å². The number of aromatic nitrogens is 2. The second-order valence-corrected chi connectivity index (χ2v) is 2.90. The number of hydrogen-bond acceptors (Lipinski definition) is 2. The summed E-state index contributed by atoms with van der Waals surface area (Å²) in [6.45, 7) is 0.559. The van der Waals surface area contributed by atoms with Crippen molar-refractivity contribution in [2.75, 3.05) is 6.54 Å². The van der Waals surface area contributed by atoms with Crippen molar-refractivity contribution in [1.82, 2.24) is 9.97 Å². The van der Waals surface area contributed by atoms with Crippen LogP contribution in [-0.4, -0.2) is 16.5 Å². The molecule has 0 fully saturated rings. The Morgan fingerprint density at radius 3 is 3.15 bits per heavy atom. The van der Waals surface area contributed by atoms with E-state index in [9.17, 15) is 4.39 Å². The number of H-pyrrole nitrogens is 1. The van der Waals surface area contributed by atoms with Gasteiger partial charge in [-0.3, -0.25) is 0 Å². The molecule has 0 radical (unpaired) electrons. The van der Waals surface area contributed by atoms with Crippen molar-refractivity contribution in [2.45, 2.75) is 6.42 Å². The zero-order valence-electron chi connectivity index (χ0n) is 7.05. The molecule has 0 atom stereocenters. The first-order chi connectivity index (χ1) is 6.31. The van der Waals surface area contributed by atoms with Gasteiger partial charge in [-0.1, -0.05) is 0 Å². The van der Waals surface area contributed by atoms with E-state index in [1.165, 1.54) is 12.3 Å². The van der Waals surface area contributed by atoms with Crippen LogP contribution in [0.25, 0.3) is 11.0 Å². The maximum atomic E-state index is 12.8. The molecule has 0 saturated heterocycles. The average molecular weight is 179 g/mol. The van der Waals surface area contributed by atoms with Gasteiger partial charge in [0.25, 0.3) is 0 Å². The van der Waals surface area contributed by atoms with Crippen molar-refractivity contribution in [3.8, 4) is 0 Å². The first-order valence-corrected chi connectivity index (χ1v) is 4.13. The molecule has 0 aromatic carbocycles. The Labute approximate surface area is 74.8 Å². The zero-order chi connectivity index (χ0) is 9.26. The van der Waals surface area contributed by atoms with Gasteiger partial charge in [-0.25, -0.2) is 9.37 Å². The molecule has 2 aromatic rings. The minimum Gasteiger partial charge on any atom is -0.346 e. The molecule has 0 aliphatic rings. The van der Waals surface area contributed by atoms with E-state index >= 15 is 0 Å². The summed E-state index contributed by atoms with van der Waals surface area (Å²) < 4.78 is 12.8. The van der Waals surface area contributed by atoms with Crippen LogP contribution in [0, 0.1) is 5.82 Å². The SMILES string of the molecule is NCCc1c[nH]c2ncc(F)cc12. The lowest BCUT2D eigenvalue weighted by molar-refractivity contribution is 0.624. The van der Waals surface area contributed by atoms with Crippen LogP contribution in [0.1, 0.15) is 5.56 Å². The van der Waals surface area contributed by atoms with Crippen LogP contribution in [0.2, 0.25) is 0 Å². The molecule has 2 aromatic heterocycles. The molecule has 3 N–H and O–H groups in total. The number of nitrogens with one attached hydrogen (secondary N) is 1. The molecular formula is C9H10FN3. The number of nitrogens with two attached hydrogens (primary N) is 1. The molecule has 2 heterocycles. The van der Waals surface area contributed by atoms with E-state index in [1.807, 2.05) is 6.20 Å². The van der Waals surface area contributed by atoms with Gasteiger partial charge in [0.1, 0.15) is 11.5 Å². The molecule has 13 heavy (non-hydrogen) atoms. The van der Waals surface area contributed by atoms with Crippen molar-refractivity contribution in [3.63, 3.8) is 0 Å². The summed E-state index contributed by atoms with van der Waals surface area (Å²) >= 11 is 0. The lowest BCUT2D eigenvalue weighted by Crippen LogP contribution is -2.01. The maximum absolute atomic E-state index is 12.8. The molecule has 0 spiro atoms. The minimum atomic E-state index is -0.314. The molecule has 3 nitrogen and oxygen atoms in total. The van der Waals surface area contributed by atoms with E-state index in [0.717, 1.165) is 17.4 Å². The van der Waals surface area contributed by atoms with Crippen LogP contribution in [0.5, 0.6) is 0 Å². The lowest BCUT2D eigenvalue weighted by Gasteiger charge is -1.94. The number of nitrogens with zero attached hydrogens (tertiary/aromatic N) is 1. The van der Waals surface area contributed by atoms with Gasteiger partial charge >= 0.3 is 0 Å². The minimum absolute atomic E-state index is 0.314. The molecular weight excluding hydrogens is 169 g/mol. The number of pyridine rings is 1. The van der Waals surface area contributed by atoms with Gasteiger partial charge in [0.05, 0.1) is 6.20 Å². The number of aromatic amines is 1. The summed E-state index contributed by atoms with van der Waals surface area (Å²) in [5, 5.41) is 0.824. The van der Waals surface area contributed by atoms with Gasteiger partial charge in [0, 0.05) is 11.6 Å². The van der Waals surface area contributed by atoms with Crippen LogP contribution in [-0.2, 0) is 6.42 Å². The fraction of sp³-hybridized carbons (Fsp3) is 0.222. The highest BCUT2D eigenvalue weighted by molar-refractivity contribution is 5.79. The Bertz CT molecular complexity index is 422. The average Bonchev–Trinajstić information content (AvgIpc) is 2.49. The molecule has 0 saturated carbocycles. The summed E-state index contributed by atoms with van der Waals surface area (Å²) in [4.78, 5) is 6.88. The predicted molar refractivity (Wildman–Crippen MR) is 48.8 cm³/mol. The first kappa shape index (κ1) is 8.19. The molecule has 2 rings (SSSR count). The van der Waals surface area contributed by atoms with Gasteiger partial charge < -0.3 is 10.7 Å². The second kappa shape index (κ2) is 3.14. The lowest BCUT2D eigenvalue weighted by atomic mass is 10.1. The van der Waals surface area contributed by atoms with Crippen molar-refractivity contribution < 1.29 is 4.39 Å². The van der Waals surface area contributed by atoms with Crippen molar-refractivity contribution >= 4 is 11.0 Å². The first-order valence-electron chi connectivity index (χ1n) is 4.13. The maximum Gasteiger partial charge on any atom is 0.142 e. The Hall–Kier alpha value is -1.42. The fourth-order valence-corrected chi connectivity index (χ4v) is 1.39. The molecule has 0 aliphatic carbocycles. The summed E-state index contributed by atoms with van der Waals surface area (Å²) in [5.41, 5.74) is 7.15. The number of hydrogen-bond donors (Lipinski definition) is 2. The van der Waals surface area contributed by atoms with Gasteiger partial charge in [-0.2, -0.15) is 0 Å². The topological polar surface area (TPSA) is 54.7 Å². The number of rotatable bonds is 2. The molecule has 0 aliphatic heterocycles. The third-order valence-corrected chi connectivity index (χ3v) is 2.00. The Balaban J connectivity index is 2.58. The molecule has 0 unspecified atom stereocenters. The third-order valence-electron chi connectivity index (χ3n) is 2.00. The fourth-order valence-electron chi connectivity index (χ4n) is 1.39. The molecule has 0 bridgehead atoms. The number of fused-ring (bicyclic) bond motifs is 1. The van der Waals surface area contributed by atoms with E-state index < -0.39 is 0 Å². The molecule has 68 valence electrons. The van der Waals surface area contributed by atoms with E-state index in [1.54, 1.807) is 0 Å². The van der Waals surface area contributed by atoms with Gasteiger partial charge in [0.2, 0.25) is 0 Å². The highest BCUT2D eigenvalue weighted by Gasteiger charge is 2.04. The van der Waals surface area contributed by atoms with E-state index in [-0.39, 0.29) is 5.82 Å². The quantitative estimate of drug-likeness (QED) is 0.727. The van der Waals surface area contributed by atoms with Crippen LogP contribution in [0.15, 0.2) is 18.5 Å². The zero-order valence-corrected chi connectivity index (χ0v) is 7.05. The normalized spacial score (nSPS) is 10.9. The Kier molecular flexibility index (Phi) is 1.98. The standard InChI is InChI=1S/C9H10FN3/c10-7-3-8-6(1-2-11)4-12-9(8)13-5-7/h3-5H,1-2,11H2,(H,12,13). The van der Waals surface area contributed by atoms with Crippen LogP contribution in [0.4, 0.5) is 4.39 Å². The molecule has 4 heteroatoms. The van der Waals surface area contributed by atoms with Gasteiger partial charge in [0.15, 0.2) is 0 Å². The van der Waals surface area contributed by atoms with Gasteiger partial charge in [-0.05, 0) is 24.6 Å². The summed E-state index contributed by atoms with van der Waals surface area (Å²) in [6, 6.07) is 1.48. The van der Waals surface area contributed by atoms with Crippen molar-refractivity contribution in [1.29, 1.82) is 0 Å². The predicted octanol–water partition coefficient (Wildman–Crippen LogP) is 1.20. The number of halogens is 1. The Morgan fingerprint density at radius 1 is 1.54 bits per heavy atom. The van der Waals surface area contributed by atoms with Crippen molar-refractivity contribution in [3.05, 3.63) is 29.8 Å². The Morgan fingerprint density at radius 2 is 2.38 bits per heavy atom. The van der Waals surface area contributed by atoms with Crippen LogP contribution in [0.3, 0.4) is 0 Å². The summed E-state index contributed by atoms with van der Waals surface area (Å²) in [6.07, 6.45) is 3.76. The van der Waals surface area contributed by atoms with Crippen LogP contribution < -0.4 is 5.73 Å². The summed E-state index contributed by atoms with van der Waals surface area (Å²) in [7, 11) is 0. The largest absolute Gasteiger partial charge is 0.346 e. The molecule has 0 amide bonds. The van der Waals surface area contributed by atoms with Crippen molar-refractivity contribution in [2.24, 2.45) is 5.73 Å². The van der Waals surface area contributed by atoms with Gasteiger partial charge in [-0.15, -0.1) is 0 Å². The smallest absolute Gasteiger partial charge is 0.142 e. The highest BCUT2D eigenvalue weighted by Crippen LogP contribution is 2.16. The van der Waals surface area contributed by atoms with E-state index in [4.69, 9.17) is 5.73 Å². The third kappa shape index (κ3) is 1.40. The monoisotopic (exact) mass is 179 g/mol. The van der Waals surface area contributed by atoms with Crippen LogP contribution >= 0.6 is 0 Å².